The number of carbonyl (C=O) groups is 1. The number of methoxy groups -OCH3 is 1. The zero-order chi connectivity index (χ0) is 20.8. The molecule has 0 saturated carbocycles. The van der Waals surface area contributed by atoms with E-state index in [1.807, 2.05) is 48.5 Å². The lowest BCUT2D eigenvalue weighted by Crippen LogP contribution is -2.50. The van der Waals surface area contributed by atoms with Crippen LogP contribution in [0.2, 0.25) is 0 Å². The smallest absolute Gasteiger partial charge is 0.322 e. The number of hydrogen-bond acceptors (Lipinski definition) is 7. The molecule has 0 radical (unpaired) electrons. The molecular weight excluding hydrogens is 382 g/mol. The van der Waals surface area contributed by atoms with Crippen molar-refractivity contribution in [2.75, 3.05) is 48.8 Å². The van der Waals surface area contributed by atoms with Crippen LogP contribution < -0.4 is 20.3 Å². The summed E-state index contributed by atoms with van der Waals surface area (Å²) in [6.07, 6.45) is 3.25. The van der Waals surface area contributed by atoms with Gasteiger partial charge >= 0.3 is 6.03 Å². The van der Waals surface area contributed by atoms with Crippen LogP contribution in [0.5, 0.6) is 5.75 Å². The zero-order valence-corrected chi connectivity index (χ0v) is 16.7. The highest BCUT2D eigenvalue weighted by molar-refractivity contribution is 5.91. The maximum atomic E-state index is 12.6. The monoisotopic (exact) mass is 405 g/mol. The summed E-state index contributed by atoms with van der Waals surface area (Å²) >= 11 is 0. The number of nitrogens with zero attached hydrogens (tertiary/aromatic N) is 5. The molecule has 0 unspecified atom stereocenters. The molecule has 1 aliphatic heterocycles. The molecule has 9 nitrogen and oxygen atoms in total. The topological polar surface area (TPSA) is 95.5 Å². The molecule has 3 aromatic rings. The normalized spacial score (nSPS) is 13.6. The minimum absolute atomic E-state index is 0.139. The summed E-state index contributed by atoms with van der Waals surface area (Å²) in [7, 11) is 1.59. The molecule has 1 saturated heterocycles. The maximum absolute atomic E-state index is 12.6. The van der Waals surface area contributed by atoms with Crippen LogP contribution >= 0.6 is 0 Å². The number of nitrogens with one attached hydrogen (secondary N) is 2. The van der Waals surface area contributed by atoms with Crippen LogP contribution in [0.3, 0.4) is 0 Å². The number of anilines is 4. The van der Waals surface area contributed by atoms with Gasteiger partial charge in [-0.15, -0.1) is 0 Å². The number of amides is 2. The van der Waals surface area contributed by atoms with Crippen LogP contribution in [-0.2, 0) is 0 Å². The van der Waals surface area contributed by atoms with Crippen molar-refractivity contribution < 1.29 is 9.53 Å². The Morgan fingerprint density at radius 1 is 0.967 bits per heavy atom. The lowest BCUT2D eigenvalue weighted by atomic mass is 10.3. The number of carbonyl (C=O) groups excluding carboxylic acids is 1. The van der Waals surface area contributed by atoms with E-state index < -0.39 is 0 Å². The molecule has 4 rings (SSSR count). The first kappa shape index (κ1) is 19.4. The van der Waals surface area contributed by atoms with E-state index in [1.54, 1.807) is 18.2 Å². The molecule has 0 spiro atoms. The second kappa shape index (κ2) is 9.08. The van der Waals surface area contributed by atoms with E-state index in [0.717, 1.165) is 11.6 Å². The van der Waals surface area contributed by atoms with Gasteiger partial charge in [-0.25, -0.2) is 19.7 Å². The van der Waals surface area contributed by atoms with Crippen molar-refractivity contribution in [1.82, 2.24) is 19.9 Å². The highest BCUT2D eigenvalue weighted by atomic mass is 16.5. The van der Waals surface area contributed by atoms with Crippen molar-refractivity contribution in [2.24, 2.45) is 0 Å². The molecule has 0 bridgehead atoms. The Labute approximate surface area is 174 Å². The molecule has 2 amide bonds. The van der Waals surface area contributed by atoms with Crippen LogP contribution in [-0.4, -0.2) is 59.2 Å². The fourth-order valence-corrected chi connectivity index (χ4v) is 3.24. The Bertz CT molecular complexity index is 991. The van der Waals surface area contributed by atoms with Crippen LogP contribution in [0.1, 0.15) is 0 Å². The van der Waals surface area contributed by atoms with E-state index >= 15 is 0 Å². The van der Waals surface area contributed by atoms with Gasteiger partial charge in [0.25, 0.3) is 0 Å². The Hall–Kier alpha value is -3.88. The fraction of sp³-hybridized carbons (Fsp3) is 0.238. The van der Waals surface area contributed by atoms with Gasteiger partial charge in [-0.1, -0.05) is 18.2 Å². The summed E-state index contributed by atoms with van der Waals surface area (Å²) in [5.74, 6) is 2.85. The first-order valence-corrected chi connectivity index (χ1v) is 9.67. The predicted octanol–water partition coefficient (Wildman–Crippen LogP) is 2.98. The Balaban J connectivity index is 1.35. The lowest BCUT2D eigenvalue weighted by Gasteiger charge is -2.35. The summed E-state index contributed by atoms with van der Waals surface area (Å²) in [4.78, 5) is 29.5. The van der Waals surface area contributed by atoms with Crippen molar-refractivity contribution in [2.45, 2.75) is 0 Å². The third-order valence-electron chi connectivity index (χ3n) is 4.81. The molecule has 30 heavy (non-hydrogen) atoms. The van der Waals surface area contributed by atoms with Crippen LogP contribution in [0.4, 0.5) is 27.9 Å². The molecule has 154 valence electrons. The van der Waals surface area contributed by atoms with Crippen molar-refractivity contribution >= 4 is 29.2 Å². The second-order valence-electron chi connectivity index (χ2n) is 6.71. The van der Waals surface area contributed by atoms with E-state index in [-0.39, 0.29) is 6.03 Å². The van der Waals surface area contributed by atoms with Gasteiger partial charge in [0, 0.05) is 38.4 Å². The average molecular weight is 405 g/mol. The van der Waals surface area contributed by atoms with Gasteiger partial charge in [0.1, 0.15) is 29.5 Å². The third kappa shape index (κ3) is 4.57. The number of para-hydroxylation sites is 2. The molecule has 3 heterocycles. The SMILES string of the molecule is COc1ccccc1NC(=O)N1CCN(c2cc(Nc3ccccn3)ncn2)CC1. The minimum atomic E-state index is -0.139. The summed E-state index contributed by atoms with van der Waals surface area (Å²) in [5.41, 5.74) is 0.661. The minimum Gasteiger partial charge on any atom is -0.495 e. The molecule has 0 aliphatic carbocycles. The van der Waals surface area contributed by atoms with Gasteiger partial charge < -0.3 is 25.2 Å². The number of pyridine rings is 1. The standard InChI is InChI=1S/C21H23N7O2/c1-30-17-7-3-2-6-16(17)25-21(29)28-12-10-27(11-13-28)20-14-19(23-15-24-20)26-18-8-4-5-9-22-18/h2-9,14-15H,10-13H2,1H3,(H,25,29)(H,22,23,24,26). The highest BCUT2D eigenvalue weighted by Crippen LogP contribution is 2.24. The lowest BCUT2D eigenvalue weighted by molar-refractivity contribution is 0.208. The van der Waals surface area contributed by atoms with Gasteiger partial charge in [0.2, 0.25) is 0 Å². The number of piperazine rings is 1. The second-order valence-corrected chi connectivity index (χ2v) is 6.71. The molecule has 2 N–H and O–H groups in total. The number of ether oxygens (including phenoxy) is 1. The predicted molar refractivity (Wildman–Crippen MR) is 115 cm³/mol. The van der Waals surface area contributed by atoms with Crippen LogP contribution in [0, 0.1) is 0 Å². The Kier molecular flexibility index (Phi) is 5.88. The van der Waals surface area contributed by atoms with E-state index in [1.165, 1.54) is 6.33 Å². The molecule has 9 heteroatoms. The van der Waals surface area contributed by atoms with Crippen molar-refractivity contribution in [1.29, 1.82) is 0 Å². The first-order valence-electron chi connectivity index (χ1n) is 9.67. The van der Waals surface area contributed by atoms with E-state index in [4.69, 9.17) is 4.74 Å². The summed E-state index contributed by atoms with van der Waals surface area (Å²) in [5, 5.41) is 6.10. The molecule has 1 fully saturated rings. The van der Waals surface area contributed by atoms with E-state index in [2.05, 4.69) is 30.5 Å². The van der Waals surface area contributed by atoms with Crippen LogP contribution in [0.25, 0.3) is 0 Å². The number of urea groups is 1. The molecule has 1 aliphatic rings. The number of aromatic nitrogens is 3. The average Bonchev–Trinajstić information content (AvgIpc) is 2.80. The van der Waals surface area contributed by atoms with Crippen molar-refractivity contribution in [3.05, 3.63) is 61.1 Å². The van der Waals surface area contributed by atoms with Gasteiger partial charge in [-0.2, -0.15) is 0 Å². The van der Waals surface area contributed by atoms with Gasteiger partial charge in [0.05, 0.1) is 12.8 Å². The quantitative estimate of drug-likeness (QED) is 0.674. The van der Waals surface area contributed by atoms with Crippen molar-refractivity contribution in [3.8, 4) is 5.75 Å². The molecule has 1 aromatic carbocycles. The molecule has 2 aromatic heterocycles. The maximum Gasteiger partial charge on any atom is 0.322 e. The van der Waals surface area contributed by atoms with E-state index in [0.29, 0.717) is 43.4 Å². The third-order valence-corrected chi connectivity index (χ3v) is 4.81. The van der Waals surface area contributed by atoms with Gasteiger partial charge in [0.15, 0.2) is 0 Å². The highest BCUT2D eigenvalue weighted by Gasteiger charge is 2.23. The van der Waals surface area contributed by atoms with Crippen molar-refractivity contribution in [3.63, 3.8) is 0 Å². The Morgan fingerprint density at radius 2 is 1.77 bits per heavy atom. The molecular formula is C21H23N7O2. The first-order chi connectivity index (χ1) is 14.7. The van der Waals surface area contributed by atoms with Crippen LogP contribution in [0.15, 0.2) is 61.1 Å². The Morgan fingerprint density at radius 3 is 2.53 bits per heavy atom. The number of rotatable bonds is 5. The summed E-state index contributed by atoms with van der Waals surface area (Å²) in [6.45, 7) is 2.54. The summed E-state index contributed by atoms with van der Waals surface area (Å²) < 4.78 is 5.30. The zero-order valence-electron chi connectivity index (χ0n) is 16.7. The number of benzene rings is 1. The molecule has 0 atom stereocenters. The van der Waals surface area contributed by atoms with Gasteiger partial charge in [-0.05, 0) is 24.3 Å². The fourth-order valence-electron chi connectivity index (χ4n) is 3.24. The summed E-state index contributed by atoms with van der Waals surface area (Å²) in [6, 6.07) is 14.8. The number of hydrogen-bond donors (Lipinski definition) is 2. The van der Waals surface area contributed by atoms with Gasteiger partial charge in [-0.3, -0.25) is 0 Å². The largest absolute Gasteiger partial charge is 0.495 e. The van der Waals surface area contributed by atoms with E-state index in [9.17, 15) is 4.79 Å².